The van der Waals surface area contributed by atoms with Gasteiger partial charge in [-0.3, -0.25) is 46.8 Å². The van der Waals surface area contributed by atoms with Crippen LogP contribution in [-0.4, -0.2) is 101 Å². The molecule has 5 rings (SSSR count). The number of aliphatic hydroxyl groups excluding tert-OH is 4. The zero-order valence-corrected chi connectivity index (χ0v) is 25.3. The van der Waals surface area contributed by atoms with E-state index in [1.54, 1.807) is 0 Å². The number of nitrogens with one attached hydrogen (secondary N) is 2. The number of hydrogen-bond acceptors (Lipinski definition) is 19. The fraction of sp³-hybridized carbons (Fsp3) is 0.579. The molecule has 0 aliphatic carbocycles. The molecule has 3 unspecified atom stereocenters. The van der Waals surface area contributed by atoms with Crippen molar-refractivity contribution in [2.75, 3.05) is 20.0 Å². The lowest BCUT2D eigenvalue weighted by Gasteiger charge is -2.28. The summed E-state index contributed by atoms with van der Waals surface area (Å²) in [5.41, 5.74) is -3.50. The number of aromatic nitrogens is 4. The van der Waals surface area contributed by atoms with E-state index in [0.29, 0.717) is 0 Å². The lowest BCUT2D eigenvalue weighted by molar-refractivity contribution is -0.0608. The molecule has 0 radical (unpaired) electrons. The first-order chi connectivity index (χ1) is 21.5. The highest BCUT2D eigenvalue weighted by molar-refractivity contribution is 7.67. The van der Waals surface area contributed by atoms with Crippen LogP contribution in [0.3, 0.4) is 0 Å². The zero-order chi connectivity index (χ0) is 33.6. The van der Waals surface area contributed by atoms with Gasteiger partial charge in [0.2, 0.25) is 0 Å². The molecule has 3 aliphatic rings. The van der Waals surface area contributed by atoms with Crippen molar-refractivity contribution in [3.05, 3.63) is 66.2 Å². The van der Waals surface area contributed by atoms with Gasteiger partial charge in [0.05, 0.1) is 13.2 Å². The predicted molar refractivity (Wildman–Crippen MR) is 141 cm³/mol. The van der Waals surface area contributed by atoms with Gasteiger partial charge in [-0.05, 0) is 0 Å². The summed E-state index contributed by atoms with van der Waals surface area (Å²) >= 11 is 0. The Morgan fingerprint density at radius 2 is 1.28 bits per heavy atom. The Hall–Kier alpha value is -2.47. The van der Waals surface area contributed by atoms with Gasteiger partial charge in [0.1, 0.15) is 36.6 Å². The second-order valence-electron chi connectivity index (χ2n) is 9.62. The van der Waals surface area contributed by atoms with Gasteiger partial charge in [-0.15, -0.1) is 0 Å². The smallest absolute Gasteiger partial charge is 0.387 e. The van der Waals surface area contributed by atoms with E-state index in [0.717, 1.165) is 33.7 Å². The summed E-state index contributed by atoms with van der Waals surface area (Å²) in [4.78, 5) is 60.5. The van der Waals surface area contributed by atoms with Crippen LogP contribution in [0.2, 0.25) is 0 Å². The minimum absolute atomic E-state index is 0.726. The molecule has 0 spiro atoms. The van der Waals surface area contributed by atoms with Crippen LogP contribution in [0.1, 0.15) is 12.5 Å². The van der Waals surface area contributed by atoms with Crippen molar-refractivity contribution in [3.8, 4) is 0 Å². The highest BCUT2D eigenvalue weighted by Crippen LogP contribution is 2.74. The molecular weight excluding hydrogens is 697 g/mol. The topological polar surface area (TPSA) is 336 Å². The van der Waals surface area contributed by atoms with Crippen molar-refractivity contribution < 1.29 is 75.2 Å². The fourth-order valence-electron chi connectivity index (χ4n) is 4.35. The molecule has 46 heavy (non-hydrogen) atoms. The van der Waals surface area contributed by atoms with E-state index in [1.807, 2.05) is 9.97 Å². The number of rotatable bonds is 10. The number of nitrogens with zero attached hydrogens (tertiary/aromatic N) is 2. The molecule has 0 aromatic carbocycles. The van der Waals surface area contributed by atoms with E-state index >= 15 is 0 Å². The average molecular weight is 722 g/mol. The third-order valence-electron chi connectivity index (χ3n) is 6.55. The van der Waals surface area contributed by atoms with Crippen LogP contribution in [0.25, 0.3) is 0 Å². The summed E-state index contributed by atoms with van der Waals surface area (Å²) < 4.78 is 78.4. The van der Waals surface area contributed by atoms with Crippen LogP contribution >= 0.6 is 23.5 Å². The van der Waals surface area contributed by atoms with Crippen molar-refractivity contribution in [1.29, 1.82) is 0 Å². The maximum absolute atomic E-state index is 13.0. The van der Waals surface area contributed by atoms with E-state index in [-0.39, 0.29) is 0 Å². The van der Waals surface area contributed by atoms with Crippen molar-refractivity contribution in [3.63, 3.8) is 0 Å². The maximum atomic E-state index is 13.0. The fourth-order valence-corrected chi connectivity index (χ4v) is 8.86. The molecule has 2 aromatic rings. The van der Waals surface area contributed by atoms with Crippen molar-refractivity contribution in [2.24, 2.45) is 0 Å². The van der Waals surface area contributed by atoms with Gasteiger partial charge in [0.15, 0.2) is 19.2 Å². The highest BCUT2D eigenvalue weighted by atomic mass is 31.3. The lowest BCUT2D eigenvalue weighted by atomic mass is 10.1. The zero-order valence-electron chi connectivity index (χ0n) is 22.6. The number of aromatic amines is 2. The number of H-pyrrole nitrogens is 2. The van der Waals surface area contributed by atoms with Gasteiger partial charge in [-0.25, -0.2) is 23.3 Å². The van der Waals surface area contributed by atoms with E-state index in [9.17, 15) is 58.2 Å². The number of ether oxygens (including phenoxy) is 2. The van der Waals surface area contributed by atoms with Gasteiger partial charge >= 0.3 is 34.8 Å². The Labute approximate surface area is 253 Å². The highest BCUT2D eigenvalue weighted by Gasteiger charge is 2.52. The minimum Gasteiger partial charge on any atom is -0.387 e. The molecule has 256 valence electrons. The third kappa shape index (κ3) is 7.48. The predicted octanol–water partition coefficient (Wildman–Crippen LogP) is -3.29. The van der Waals surface area contributed by atoms with Crippen LogP contribution in [0.5, 0.6) is 0 Å². The molecule has 5 heterocycles. The molecule has 3 aliphatic heterocycles. The Kier molecular flexibility index (Phi) is 10.0. The summed E-state index contributed by atoms with van der Waals surface area (Å²) in [6, 6.07) is 1.87. The molecule has 11 atom stereocenters. The standard InChI is InChI=1S/C19H25N4O20P3/c24-10-1-3-22(18(30)20-10)16-14(28)12(26)8(40-16)5-36-44(32,33)42-46(35)39-7-38-45(34,43-46)37-6-9-13(27)15(29)17(41-9)23-4-2-11(25)21-19(23)31/h1-4,8-9,12-17,26-29H,5-7H2,(H,32,33)(H,20,24,30)(H,21,25,31)/t8-,9-,12-,13-,14-,15-,16-,17-,45?,46?/m1/s1. The van der Waals surface area contributed by atoms with Crippen molar-refractivity contribution in [1.82, 2.24) is 19.1 Å². The second kappa shape index (κ2) is 13.2. The number of hydrogen-bond donors (Lipinski definition) is 7. The van der Waals surface area contributed by atoms with Crippen LogP contribution in [0.15, 0.2) is 43.7 Å². The van der Waals surface area contributed by atoms with Gasteiger partial charge in [0.25, 0.3) is 11.1 Å². The minimum atomic E-state index is -5.49. The molecule has 0 amide bonds. The molecule has 27 heteroatoms. The monoisotopic (exact) mass is 722 g/mol. The number of phosphoric acid groups is 3. The van der Waals surface area contributed by atoms with Crippen LogP contribution < -0.4 is 22.5 Å². The Bertz CT molecular complexity index is 1820. The normalized spacial score (nSPS) is 37.7. The summed E-state index contributed by atoms with van der Waals surface area (Å²) in [5, 5.41) is 41.1. The van der Waals surface area contributed by atoms with Gasteiger partial charge in [-0.1, -0.05) is 0 Å². The summed E-state index contributed by atoms with van der Waals surface area (Å²) in [7, 11) is -15.8. The molecular formula is C19H25N4O20P3. The lowest BCUT2D eigenvalue weighted by Crippen LogP contribution is -2.37. The van der Waals surface area contributed by atoms with E-state index in [2.05, 4.69) is 22.2 Å². The van der Waals surface area contributed by atoms with Crippen LogP contribution in [-0.2, 0) is 49.9 Å². The summed E-state index contributed by atoms with van der Waals surface area (Å²) in [6.45, 7) is -3.08. The summed E-state index contributed by atoms with van der Waals surface area (Å²) in [6.07, 6.45) is -11.4. The molecule has 3 saturated heterocycles. The first kappa shape index (κ1) is 34.9. The second-order valence-corrected chi connectivity index (χ2v) is 14.7. The maximum Gasteiger partial charge on any atom is 0.494 e. The summed E-state index contributed by atoms with van der Waals surface area (Å²) in [5.74, 6) is 0. The van der Waals surface area contributed by atoms with E-state index in [4.69, 9.17) is 14.0 Å². The van der Waals surface area contributed by atoms with Crippen molar-refractivity contribution >= 4 is 23.5 Å². The van der Waals surface area contributed by atoms with E-state index in [1.165, 1.54) is 0 Å². The molecule has 3 fully saturated rings. The Morgan fingerprint density at radius 1 is 0.804 bits per heavy atom. The van der Waals surface area contributed by atoms with E-state index < -0.39 is 115 Å². The first-order valence-corrected chi connectivity index (χ1v) is 17.1. The Balaban J connectivity index is 1.17. The van der Waals surface area contributed by atoms with Gasteiger partial charge < -0.3 is 34.8 Å². The van der Waals surface area contributed by atoms with Gasteiger partial charge in [-0.2, -0.15) is 8.62 Å². The number of phosphoric ester groups is 2. The number of aliphatic hydroxyl groups is 4. The van der Waals surface area contributed by atoms with Crippen LogP contribution in [0, 0.1) is 0 Å². The average Bonchev–Trinajstić information content (AvgIpc) is 3.40. The SMILES string of the molecule is O=c1ccn([C@@H]2O[C@H](COP(=O)(O)OP3(=O)OCOP(=O)(OC[C@H]4O[C@@H](n5ccc(=O)[nH]c5=O)[C@H](O)[C@@H]4O)O3)[C@@H](O)[C@H]2O)c(=O)[nH]1. The third-order valence-corrected chi connectivity index (χ3v) is 11.6. The van der Waals surface area contributed by atoms with Crippen molar-refractivity contribution in [2.45, 2.75) is 49.1 Å². The molecule has 2 aromatic heterocycles. The Morgan fingerprint density at radius 3 is 1.78 bits per heavy atom. The van der Waals surface area contributed by atoms with Gasteiger partial charge in [0, 0.05) is 24.5 Å². The first-order valence-electron chi connectivity index (χ1n) is 12.7. The molecule has 0 saturated carbocycles. The molecule has 7 N–H and O–H groups in total. The quantitative estimate of drug-likeness (QED) is 0.118. The molecule has 0 bridgehead atoms. The molecule has 24 nitrogen and oxygen atoms in total. The largest absolute Gasteiger partial charge is 0.494 e. The van der Waals surface area contributed by atoms with Crippen LogP contribution in [0.4, 0.5) is 0 Å².